The lowest BCUT2D eigenvalue weighted by molar-refractivity contribution is -0.111. The molecule has 0 aliphatic carbocycles. The predicted molar refractivity (Wildman–Crippen MR) is 138 cm³/mol. The molecule has 1 aliphatic rings. The average molecular weight is 522 g/mol. The van der Waals surface area contributed by atoms with Crippen molar-refractivity contribution >= 4 is 58.0 Å². The summed E-state index contributed by atoms with van der Waals surface area (Å²) >= 11 is 5.91. The van der Waals surface area contributed by atoms with Gasteiger partial charge in [-0.3, -0.25) is 4.79 Å². The number of fused-ring (bicyclic) bond motifs is 1. The van der Waals surface area contributed by atoms with E-state index in [1.165, 1.54) is 24.5 Å². The Morgan fingerprint density at radius 2 is 2.14 bits per heavy atom. The van der Waals surface area contributed by atoms with Gasteiger partial charge >= 0.3 is 0 Å². The molecule has 1 aliphatic heterocycles. The molecule has 2 heterocycles. The highest BCUT2D eigenvalue weighted by Gasteiger charge is 2.20. The van der Waals surface area contributed by atoms with Gasteiger partial charge in [0.15, 0.2) is 0 Å². The normalized spacial score (nSPS) is 15.4. The van der Waals surface area contributed by atoms with Crippen LogP contribution in [0.4, 0.5) is 21.6 Å². The van der Waals surface area contributed by atoms with Crippen molar-refractivity contribution in [1.29, 1.82) is 0 Å². The molecule has 2 aromatic carbocycles. The lowest BCUT2D eigenvalue weighted by atomic mass is 10.1. The van der Waals surface area contributed by atoms with Crippen LogP contribution in [0.25, 0.3) is 10.9 Å². The molecule has 8 nitrogen and oxygen atoms in total. The maximum absolute atomic E-state index is 13.6. The van der Waals surface area contributed by atoms with Crippen LogP contribution >= 0.6 is 24.0 Å². The van der Waals surface area contributed by atoms with Crippen LogP contribution < -0.4 is 15.4 Å². The number of hydrogen-bond acceptors (Lipinski definition) is 7. The Morgan fingerprint density at radius 1 is 1.31 bits per heavy atom. The molecule has 2 N–H and O–H groups in total. The van der Waals surface area contributed by atoms with Gasteiger partial charge in [-0.2, -0.15) is 0 Å². The Morgan fingerprint density at radius 3 is 2.86 bits per heavy atom. The van der Waals surface area contributed by atoms with Crippen molar-refractivity contribution in [2.24, 2.45) is 0 Å². The average Bonchev–Trinajstić information content (AvgIpc) is 3.30. The van der Waals surface area contributed by atoms with E-state index in [1.54, 1.807) is 24.3 Å². The monoisotopic (exact) mass is 521 g/mol. The summed E-state index contributed by atoms with van der Waals surface area (Å²) in [7, 11) is 3.84. The first-order chi connectivity index (χ1) is 16.4. The molecule has 0 saturated carbocycles. The van der Waals surface area contributed by atoms with Crippen LogP contribution in [0, 0.1) is 5.82 Å². The van der Waals surface area contributed by atoms with Gasteiger partial charge in [-0.1, -0.05) is 17.7 Å². The topological polar surface area (TPSA) is 88.6 Å². The molecule has 4 rings (SSSR count). The third-order valence-corrected chi connectivity index (χ3v) is 5.39. The highest BCUT2D eigenvalue weighted by molar-refractivity contribution is 6.31. The van der Waals surface area contributed by atoms with Gasteiger partial charge in [0.25, 0.3) is 0 Å². The van der Waals surface area contributed by atoms with Crippen LogP contribution in [0.1, 0.15) is 6.42 Å². The zero-order valence-corrected chi connectivity index (χ0v) is 20.8. The minimum atomic E-state index is -0.509. The van der Waals surface area contributed by atoms with E-state index in [0.29, 0.717) is 53.6 Å². The van der Waals surface area contributed by atoms with Crippen molar-refractivity contribution in [2.45, 2.75) is 12.5 Å². The van der Waals surface area contributed by atoms with E-state index in [9.17, 15) is 9.18 Å². The molecule has 3 aromatic rings. The third kappa shape index (κ3) is 7.02. The second-order valence-corrected chi connectivity index (χ2v) is 8.51. The Balaban J connectivity index is 0.00000342. The van der Waals surface area contributed by atoms with Crippen LogP contribution in [0.15, 0.2) is 48.8 Å². The fourth-order valence-corrected chi connectivity index (χ4v) is 3.60. The third-order valence-electron chi connectivity index (χ3n) is 5.10. The minimum absolute atomic E-state index is 0. The van der Waals surface area contributed by atoms with Crippen molar-refractivity contribution in [2.75, 3.05) is 44.5 Å². The number of hydrogen-bond donors (Lipinski definition) is 2. The summed E-state index contributed by atoms with van der Waals surface area (Å²) in [6.07, 6.45) is 5.32. The molecule has 0 radical (unpaired) electrons. The highest BCUT2D eigenvalue weighted by Crippen LogP contribution is 2.35. The first kappa shape index (κ1) is 26.6. The molecule has 1 amide bonds. The van der Waals surface area contributed by atoms with E-state index in [2.05, 4.69) is 20.6 Å². The van der Waals surface area contributed by atoms with E-state index < -0.39 is 5.82 Å². The van der Waals surface area contributed by atoms with Gasteiger partial charge in [0, 0.05) is 36.2 Å². The van der Waals surface area contributed by atoms with Crippen molar-refractivity contribution in [3.05, 3.63) is 59.7 Å². The molecule has 1 atom stereocenters. The second-order valence-electron chi connectivity index (χ2n) is 8.10. The second kappa shape index (κ2) is 12.1. The summed E-state index contributed by atoms with van der Waals surface area (Å²) in [6.45, 7) is 1.75. The zero-order chi connectivity index (χ0) is 24.1. The number of rotatable bonds is 8. The standard InChI is InChI=1S/C24H25ClFN5O3.ClH/c1-31(2)8-3-4-23(32)30-21-11-17-20(12-22(21)34-16-7-9-33-13-16)27-14-28-24(17)29-15-5-6-19(26)18(25)10-15;/h3-6,10-12,14,16H,7-9,13H2,1-2H3,(H,30,32)(H,27,28,29);1H/b4-3+;/t16-;/m0./s1. The van der Waals surface area contributed by atoms with E-state index >= 15 is 0 Å². The maximum atomic E-state index is 13.6. The number of anilines is 3. The number of carbonyl (C=O) groups is 1. The van der Waals surface area contributed by atoms with Gasteiger partial charge in [0.2, 0.25) is 5.91 Å². The predicted octanol–water partition coefficient (Wildman–Crippen LogP) is 4.81. The van der Waals surface area contributed by atoms with Crippen molar-refractivity contribution in [3.8, 4) is 5.75 Å². The zero-order valence-electron chi connectivity index (χ0n) is 19.3. The SMILES string of the molecule is CN(C)C/C=C/C(=O)Nc1cc2c(Nc3ccc(F)c(Cl)c3)ncnc2cc1O[C@H]1CCOC1.Cl. The lowest BCUT2D eigenvalue weighted by Gasteiger charge is -2.17. The van der Waals surface area contributed by atoms with Gasteiger partial charge in [-0.05, 0) is 38.4 Å². The van der Waals surface area contributed by atoms with E-state index in [1.807, 2.05) is 19.0 Å². The molecule has 1 fully saturated rings. The number of benzene rings is 2. The van der Waals surface area contributed by atoms with E-state index in [0.717, 1.165) is 6.42 Å². The Hall–Kier alpha value is -2.98. The molecule has 0 bridgehead atoms. The van der Waals surface area contributed by atoms with Crippen molar-refractivity contribution in [3.63, 3.8) is 0 Å². The maximum Gasteiger partial charge on any atom is 0.248 e. The number of amides is 1. The Kier molecular flexibility index (Phi) is 9.22. The minimum Gasteiger partial charge on any atom is -0.486 e. The molecular weight excluding hydrogens is 496 g/mol. The largest absolute Gasteiger partial charge is 0.486 e. The number of nitrogens with one attached hydrogen (secondary N) is 2. The number of ether oxygens (including phenoxy) is 2. The van der Waals surface area contributed by atoms with Gasteiger partial charge in [0.1, 0.15) is 29.8 Å². The van der Waals surface area contributed by atoms with E-state index in [4.69, 9.17) is 21.1 Å². The van der Waals surface area contributed by atoms with Crippen LogP contribution in [-0.2, 0) is 9.53 Å². The van der Waals surface area contributed by atoms with Crippen LogP contribution in [0.3, 0.4) is 0 Å². The van der Waals surface area contributed by atoms with E-state index in [-0.39, 0.29) is 29.4 Å². The lowest BCUT2D eigenvalue weighted by Crippen LogP contribution is -2.18. The summed E-state index contributed by atoms with van der Waals surface area (Å²) in [6, 6.07) is 7.82. The fraction of sp³-hybridized carbons (Fsp3) is 0.292. The number of aromatic nitrogens is 2. The van der Waals surface area contributed by atoms with Crippen LogP contribution in [0.5, 0.6) is 5.75 Å². The summed E-state index contributed by atoms with van der Waals surface area (Å²) < 4.78 is 25.1. The van der Waals surface area contributed by atoms with Gasteiger partial charge < -0.3 is 25.0 Å². The molecule has 0 unspecified atom stereocenters. The molecular formula is C24H26Cl2FN5O3. The molecule has 186 valence electrons. The van der Waals surface area contributed by atoms with Gasteiger partial charge in [-0.15, -0.1) is 12.4 Å². The summed E-state index contributed by atoms with van der Waals surface area (Å²) in [5, 5.41) is 6.67. The Labute approximate surface area is 213 Å². The molecule has 1 aromatic heterocycles. The smallest absolute Gasteiger partial charge is 0.248 e. The molecule has 0 spiro atoms. The molecule has 35 heavy (non-hydrogen) atoms. The quantitative estimate of drug-likeness (QED) is 0.411. The number of likely N-dealkylation sites (N-methyl/N-ethyl adjacent to an activating group) is 1. The van der Waals surface area contributed by atoms with Crippen molar-refractivity contribution < 1.29 is 18.7 Å². The summed E-state index contributed by atoms with van der Waals surface area (Å²) in [5.41, 5.74) is 1.65. The van der Waals surface area contributed by atoms with Crippen LogP contribution in [0.2, 0.25) is 5.02 Å². The van der Waals surface area contributed by atoms with Gasteiger partial charge in [0.05, 0.1) is 29.4 Å². The van der Waals surface area contributed by atoms with Gasteiger partial charge in [-0.25, -0.2) is 14.4 Å². The summed E-state index contributed by atoms with van der Waals surface area (Å²) in [4.78, 5) is 23.2. The highest BCUT2D eigenvalue weighted by atomic mass is 35.5. The molecule has 11 heteroatoms. The number of nitrogens with zero attached hydrogens (tertiary/aromatic N) is 3. The first-order valence-corrected chi connectivity index (χ1v) is 11.1. The Bertz CT molecular complexity index is 1220. The fourth-order valence-electron chi connectivity index (χ4n) is 3.42. The number of halogens is 3. The number of carbonyl (C=O) groups excluding carboxylic acids is 1. The first-order valence-electron chi connectivity index (χ1n) is 10.8. The van der Waals surface area contributed by atoms with Crippen molar-refractivity contribution in [1.82, 2.24) is 14.9 Å². The summed E-state index contributed by atoms with van der Waals surface area (Å²) in [5.74, 6) is 0.170. The van der Waals surface area contributed by atoms with Crippen LogP contribution in [-0.4, -0.2) is 60.7 Å². The molecule has 1 saturated heterocycles.